The van der Waals surface area contributed by atoms with Crippen molar-refractivity contribution >= 4 is 40.6 Å². The molecule has 0 aliphatic carbocycles. The largest absolute Gasteiger partial charge is 0.305 e. The number of rotatable bonds is 3. The number of anilines is 2. The molecule has 0 unspecified atom stereocenters. The van der Waals surface area contributed by atoms with Gasteiger partial charge in [-0.05, 0) is 36.8 Å². The fourth-order valence-corrected chi connectivity index (χ4v) is 2.43. The number of carbonyl (C=O) groups is 2. The minimum absolute atomic E-state index is 0.137. The van der Waals surface area contributed by atoms with E-state index in [1.54, 1.807) is 18.2 Å². The van der Waals surface area contributed by atoms with Gasteiger partial charge in [0.1, 0.15) is 11.5 Å². The number of aryl methyl sites for hydroxylation is 1. The van der Waals surface area contributed by atoms with E-state index in [9.17, 15) is 9.59 Å². The number of aromatic nitrogens is 1. The van der Waals surface area contributed by atoms with Crippen LogP contribution in [0, 0.1) is 6.92 Å². The van der Waals surface area contributed by atoms with Gasteiger partial charge in [0.25, 0.3) is 5.91 Å². The zero-order chi connectivity index (χ0) is 17.1. The number of pyridine rings is 1. The molecule has 2 aromatic rings. The number of halogens is 1. The number of hydrogen-bond acceptors (Lipinski definition) is 4. The molecule has 3 rings (SSSR count). The first kappa shape index (κ1) is 16.1. The Balaban J connectivity index is 1.82. The Morgan fingerprint density at radius 3 is 2.79 bits per heavy atom. The molecule has 0 bridgehead atoms. The normalized spacial score (nSPS) is 14.3. The van der Waals surface area contributed by atoms with Gasteiger partial charge in [-0.15, -0.1) is 0 Å². The van der Waals surface area contributed by atoms with Crippen LogP contribution in [0.25, 0.3) is 0 Å². The summed E-state index contributed by atoms with van der Waals surface area (Å²) in [4.78, 5) is 28.5. The molecule has 6 nitrogen and oxygen atoms in total. The lowest BCUT2D eigenvalue weighted by Crippen LogP contribution is -2.36. The smallest absolute Gasteiger partial charge is 0.273 e. The highest BCUT2D eigenvalue weighted by molar-refractivity contribution is 6.44. The molecule has 1 aromatic carbocycles. The van der Waals surface area contributed by atoms with E-state index in [-0.39, 0.29) is 23.9 Å². The molecule has 122 valence electrons. The molecular formula is C17H15ClN4O2. The highest BCUT2D eigenvalue weighted by Crippen LogP contribution is 2.21. The third kappa shape index (κ3) is 3.60. The van der Waals surface area contributed by atoms with Gasteiger partial charge in [-0.3, -0.25) is 9.59 Å². The van der Waals surface area contributed by atoms with E-state index in [2.05, 4.69) is 15.4 Å². The van der Waals surface area contributed by atoms with Crippen molar-refractivity contribution in [1.82, 2.24) is 4.98 Å². The summed E-state index contributed by atoms with van der Waals surface area (Å²) >= 11 is 5.77. The number of hydrogen-bond donors (Lipinski definition) is 1. The summed E-state index contributed by atoms with van der Waals surface area (Å²) in [5, 5.41) is 8.65. The van der Waals surface area contributed by atoms with Crippen LogP contribution in [0.1, 0.15) is 18.4 Å². The third-order valence-corrected chi connectivity index (χ3v) is 3.73. The standard InChI is InChI=1S/C17H15ClN4O2/c1-11-3-2-4-13(9-11)22-16(23)8-6-14(21-22)17(24)20-15-7-5-12(18)10-19-15/h2-5,7,9-10H,6,8H2,1H3,(H,19,20,24). The van der Waals surface area contributed by atoms with Crippen LogP contribution < -0.4 is 10.3 Å². The molecule has 1 aliphatic heterocycles. The average Bonchev–Trinajstić information content (AvgIpc) is 2.57. The fourth-order valence-electron chi connectivity index (χ4n) is 2.32. The maximum atomic E-state index is 12.4. The van der Waals surface area contributed by atoms with Gasteiger partial charge in [0.2, 0.25) is 5.91 Å². The van der Waals surface area contributed by atoms with Crippen molar-refractivity contribution < 1.29 is 9.59 Å². The van der Waals surface area contributed by atoms with E-state index >= 15 is 0 Å². The second-order valence-corrected chi connectivity index (χ2v) is 5.84. The van der Waals surface area contributed by atoms with Gasteiger partial charge in [0, 0.05) is 19.0 Å². The fraction of sp³-hybridized carbons (Fsp3) is 0.176. The molecule has 0 fully saturated rings. The molecular weight excluding hydrogens is 328 g/mol. The molecule has 24 heavy (non-hydrogen) atoms. The average molecular weight is 343 g/mol. The Labute approximate surface area is 144 Å². The molecule has 2 amide bonds. The van der Waals surface area contributed by atoms with Gasteiger partial charge in [-0.25, -0.2) is 9.99 Å². The minimum atomic E-state index is -0.380. The summed E-state index contributed by atoms with van der Waals surface area (Å²) < 4.78 is 0. The van der Waals surface area contributed by atoms with Crippen LogP contribution >= 0.6 is 11.6 Å². The Kier molecular flexibility index (Phi) is 4.57. The molecule has 0 atom stereocenters. The number of nitrogens with zero attached hydrogens (tertiary/aromatic N) is 3. The van der Waals surface area contributed by atoms with E-state index in [0.717, 1.165) is 5.56 Å². The predicted octanol–water partition coefficient (Wildman–Crippen LogP) is 3.16. The Bertz CT molecular complexity index is 818. The zero-order valence-electron chi connectivity index (χ0n) is 13.0. The minimum Gasteiger partial charge on any atom is -0.305 e. The number of amides is 2. The van der Waals surface area contributed by atoms with Crippen LogP contribution in [0.4, 0.5) is 11.5 Å². The van der Waals surface area contributed by atoms with Crippen molar-refractivity contribution in [3.8, 4) is 0 Å². The number of hydrazone groups is 1. The van der Waals surface area contributed by atoms with E-state index in [0.29, 0.717) is 22.9 Å². The lowest BCUT2D eigenvalue weighted by Gasteiger charge is -2.23. The lowest BCUT2D eigenvalue weighted by molar-refractivity contribution is -0.118. The lowest BCUT2D eigenvalue weighted by atomic mass is 10.1. The number of benzene rings is 1. The summed E-state index contributed by atoms with van der Waals surface area (Å²) in [7, 11) is 0. The van der Waals surface area contributed by atoms with E-state index < -0.39 is 0 Å². The maximum absolute atomic E-state index is 12.4. The summed E-state index contributed by atoms with van der Waals surface area (Å²) in [6.45, 7) is 1.93. The van der Waals surface area contributed by atoms with Crippen molar-refractivity contribution in [2.24, 2.45) is 5.10 Å². The van der Waals surface area contributed by atoms with Crippen molar-refractivity contribution in [1.29, 1.82) is 0 Å². The molecule has 1 aromatic heterocycles. The highest BCUT2D eigenvalue weighted by atomic mass is 35.5. The van der Waals surface area contributed by atoms with E-state index in [1.807, 2.05) is 25.1 Å². The number of carbonyl (C=O) groups excluding carboxylic acids is 2. The summed E-state index contributed by atoms with van der Waals surface area (Å²) in [6.07, 6.45) is 1.97. The van der Waals surface area contributed by atoms with E-state index in [4.69, 9.17) is 11.6 Å². The van der Waals surface area contributed by atoms with Gasteiger partial charge >= 0.3 is 0 Å². The monoisotopic (exact) mass is 342 g/mol. The first-order valence-electron chi connectivity index (χ1n) is 7.43. The van der Waals surface area contributed by atoms with Crippen molar-refractivity contribution in [3.05, 3.63) is 53.2 Å². The second kappa shape index (κ2) is 6.80. The van der Waals surface area contributed by atoms with Crippen LogP contribution in [0.5, 0.6) is 0 Å². The highest BCUT2D eigenvalue weighted by Gasteiger charge is 2.25. The van der Waals surface area contributed by atoms with Crippen LogP contribution in [-0.4, -0.2) is 22.5 Å². The second-order valence-electron chi connectivity index (χ2n) is 5.41. The first-order valence-corrected chi connectivity index (χ1v) is 7.81. The van der Waals surface area contributed by atoms with Crippen molar-refractivity contribution in [3.63, 3.8) is 0 Å². The molecule has 1 N–H and O–H groups in total. The molecule has 0 saturated heterocycles. The Morgan fingerprint density at radius 1 is 1.25 bits per heavy atom. The molecule has 2 heterocycles. The summed E-state index contributed by atoms with van der Waals surface area (Å²) in [6, 6.07) is 10.7. The molecule has 0 saturated carbocycles. The van der Waals surface area contributed by atoms with Crippen LogP contribution in [0.3, 0.4) is 0 Å². The summed E-state index contributed by atoms with van der Waals surface area (Å²) in [5.41, 5.74) is 1.94. The van der Waals surface area contributed by atoms with Gasteiger partial charge in [0.15, 0.2) is 0 Å². The third-order valence-electron chi connectivity index (χ3n) is 3.51. The van der Waals surface area contributed by atoms with Crippen LogP contribution in [-0.2, 0) is 9.59 Å². The molecule has 0 spiro atoms. The molecule has 0 radical (unpaired) electrons. The Morgan fingerprint density at radius 2 is 2.08 bits per heavy atom. The van der Waals surface area contributed by atoms with Crippen LogP contribution in [0.2, 0.25) is 5.02 Å². The first-order chi connectivity index (χ1) is 11.5. The quantitative estimate of drug-likeness (QED) is 0.931. The zero-order valence-corrected chi connectivity index (χ0v) is 13.7. The topological polar surface area (TPSA) is 74.7 Å². The van der Waals surface area contributed by atoms with Crippen molar-refractivity contribution in [2.45, 2.75) is 19.8 Å². The van der Waals surface area contributed by atoms with Gasteiger partial charge in [-0.2, -0.15) is 5.10 Å². The molecule has 7 heteroatoms. The Hall–Kier alpha value is -2.73. The predicted molar refractivity (Wildman–Crippen MR) is 93.2 cm³/mol. The van der Waals surface area contributed by atoms with Gasteiger partial charge in [-0.1, -0.05) is 23.7 Å². The molecule has 1 aliphatic rings. The van der Waals surface area contributed by atoms with E-state index in [1.165, 1.54) is 11.2 Å². The maximum Gasteiger partial charge on any atom is 0.273 e. The number of nitrogens with one attached hydrogen (secondary N) is 1. The SMILES string of the molecule is Cc1cccc(N2N=C(C(=O)Nc3ccc(Cl)cn3)CCC2=O)c1. The van der Waals surface area contributed by atoms with Crippen LogP contribution in [0.15, 0.2) is 47.7 Å². The van der Waals surface area contributed by atoms with Gasteiger partial charge in [0.05, 0.1) is 10.7 Å². The van der Waals surface area contributed by atoms with Crippen molar-refractivity contribution in [2.75, 3.05) is 10.3 Å². The van der Waals surface area contributed by atoms with Gasteiger partial charge < -0.3 is 5.32 Å². The summed E-state index contributed by atoms with van der Waals surface area (Å²) in [5.74, 6) is -0.136.